The lowest BCUT2D eigenvalue weighted by Gasteiger charge is -1.99. The largest absolute Gasteiger partial charge is 0.480 e. The predicted molar refractivity (Wildman–Crippen MR) is 46.1 cm³/mol. The van der Waals surface area contributed by atoms with E-state index in [1.165, 1.54) is 11.3 Å². The van der Waals surface area contributed by atoms with Crippen molar-refractivity contribution >= 4 is 17.3 Å². The number of hydrogen-bond donors (Lipinski definition) is 2. The Morgan fingerprint density at radius 1 is 1.92 bits per heavy atom. The molecule has 1 aromatic rings. The van der Waals surface area contributed by atoms with Gasteiger partial charge in [0.05, 0.1) is 10.7 Å². The molecule has 0 aromatic carbocycles. The Labute approximate surface area is 74.0 Å². The van der Waals surface area contributed by atoms with Crippen molar-refractivity contribution in [2.75, 3.05) is 0 Å². The number of nitrogens with zero attached hydrogens (tertiary/aromatic N) is 1. The van der Waals surface area contributed by atoms with Crippen LogP contribution in [0.25, 0.3) is 0 Å². The third kappa shape index (κ3) is 1.80. The SMILES string of the molecule is CCc1nc([C@H](N)C(=O)O)cs1. The van der Waals surface area contributed by atoms with Crippen LogP contribution in [0, 0.1) is 0 Å². The molecule has 0 unspecified atom stereocenters. The summed E-state index contributed by atoms with van der Waals surface area (Å²) in [6, 6.07) is -0.985. The van der Waals surface area contributed by atoms with Crippen LogP contribution in [0.2, 0.25) is 0 Å². The van der Waals surface area contributed by atoms with Crippen molar-refractivity contribution in [3.63, 3.8) is 0 Å². The monoisotopic (exact) mass is 186 g/mol. The second kappa shape index (κ2) is 3.64. The van der Waals surface area contributed by atoms with Crippen LogP contribution in [0.4, 0.5) is 0 Å². The summed E-state index contributed by atoms with van der Waals surface area (Å²) in [6.45, 7) is 1.97. The molecule has 1 heterocycles. The van der Waals surface area contributed by atoms with Gasteiger partial charge in [0.25, 0.3) is 0 Å². The number of hydrogen-bond acceptors (Lipinski definition) is 4. The average Bonchev–Trinajstić information content (AvgIpc) is 2.50. The molecule has 1 aromatic heterocycles. The van der Waals surface area contributed by atoms with Crippen molar-refractivity contribution in [1.29, 1.82) is 0 Å². The average molecular weight is 186 g/mol. The Morgan fingerprint density at radius 2 is 2.58 bits per heavy atom. The number of aryl methyl sites for hydroxylation is 1. The second-order valence-corrected chi connectivity index (χ2v) is 3.28. The lowest BCUT2D eigenvalue weighted by atomic mass is 10.2. The molecule has 0 bridgehead atoms. The van der Waals surface area contributed by atoms with Gasteiger partial charge in [-0.1, -0.05) is 6.92 Å². The fraction of sp³-hybridized carbons (Fsp3) is 0.429. The van der Waals surface area contributed by atoms with Crippen LogP contribution in [0.1, 0.15) is 23.7 Å². The van der Waals surface area contributed by atoms with E-state index in [0.29, 0.717) is 5.69 Å². The van der Waals surface area contributed by atoms with Crippen molar-refractivity contribution in [2.45, 2.75) is 19.4 Å². The van der Waals surface area contributed by atoms with Crippen LogP contribution in [-0.2, 0) is 11.2 Å². The summed E-state index contributed by atoms with van der Waals surface area (Å²) in [6.07, 6.45) is 0.816. The summed E-state index contributed by atoms with van der Waals surface area (Å²) in [5, 5.41) is 11.2. The molecular weight excluding hydrogens is 176 g/mol. The molecule has 0 aliphatic heterocycles. The van der Waals surface area contributed by atoms with Gasteiger partial charge >= 0.3 is 5.97 Å². The van der Waals surface area contributed by atoms with Crippen molar-refractivity contribution < 1.29 is 9.90 Å². The lowest BCUT2D eigenvalue weighted by molar-refractivity contribution is -0.138. The number of carbonyl (C=O) groups is 1. The van der Waals surface area contributed by atoms with Crippen LogP contribution in [-0.4, -0.2) is 16.1 Å². The fourth-order valence-electron chi connectivity index (χ4n) is 0.757. The van der Waals surface area contributed by atoms with Crippen molar-refractivity contribution in [2.24, 2.45) is 5.73 Å². The van der Waals surface area contributed by atoms with Gasteiger partial charge in [-0.2, -0.15) is 0 Å². The number of rotatable bonds is 3. The van der Waals surface area contributed by atoms with Crippen molar-refractivity contribution in [3.05, 3.63) is 16.1 Å². The van der Waals surface area contributed by atoms with Crippen LogP contribution < -0.4 is 5.73 Å². The summed E-state index contributed by atoms with van der Waals surface area (Å²) >= 11 is 1.44. The highest BCUT2D eigenvalue weighted by atomic mass is 32.1. The van der Waals surface area contributed by atoms with Gasteiger partial charge in [0, 0.05) is 5.38 Å². The Hall–Kier alpha value is -0.940. The molecule has 12 heavy (non-hydrogen) atoms. The third-order valence-corrected chi connectivity index (χ3v) is 2.47. The zero-order valence-corrected chi connectivity index (χ0v) is 7.47. The highest BCUT2D eigenvalue weighted by Gasteiger charge is 2.16. The van der Waals surface area contributed by atoms with E-state index in [4.69, 9.17) is 10.8 Å². The number of aromatic nitrogens is 1. The third-order valence-electron chi connectivity index (χ3n) is 1.46. The van der Waals surface area contributed by atoms with Gasteiger partial charge in [-0.15, -0.1) is 11.3 Å². The molecule has 0 spiro atoms. The number of carboxylic acids is 1. The van der Waals surface area contributed by atoms with E-state index >= 15 is 0 Å². The molecule has 66 valence electrons. The van der Waals surface area contributed by atoms with Gasteiger partial charge in [0.2, 0.25) is 0 Å². The van der Waals surface area contributed by atoms with Gasteiger partial charge in [0.1, 0.15) is 6.04 Å². The molecule has 0 radical (unpaired) electrons. The number of carboxylic acid groups (broad SMARTS) is 1. The molecule has 0 aliphatic carbocycles. The minimum absolute atomic E-state index is 0.448. The highest BCUT2D eigenvalue weighted by molar-refractivity contribution is 7.09. The highest BCUT2D eigenvalue weighted by Crippen LogP contribution is 2.15. The summed E-state index contributed by atoms with van der Waals surface area (Å²) in [4.78, 5) is 14.5. The van der Waals surface area contributed by atoms with Gasteiger partial charge in [-0.3, -0.25) is 4.79 Å². The Balaban J connectivity index is 2.81. The zero-order valence-electron chi connectivity index (χ0n) is 6.65. The summed E-state index contributed by atoms with van der Waals surface area (Å²) in [7, 11) is 0. The van der Waals surface area contributed by atoms with Crippen molar-refractivity contribution in [1.82, 2.24) is 4.98 Å². The molecule has 0 saturated carbocycles. The molecule has 3 N–H and O–H groups in total. The van der Waals surface area contributed by atoms with Gasteiger partial charge < -0.3 is 10.8 Å². The van der Waals surface area contributed by atoms with Crippen LogP contribution in [0.5, 0.6) is 0 Å². The first-order valence-corrected chi connectivity index (χ1v) is 4.45. The topological polar surface area (TPSA) is 76.2 Å². The first-order valence-electron chi connectivity index (χ1n) is 3.57. The standard InChI is InChI=1S/C7H10N2O2S/c1-2-5-9-4(3-12-5)6(8)7(10)11/h3,6H,2,8H2,1H3,(H,10,11)/t6-/m0/s1. The maximum Gasteiger partial charge on any atom is 0.326 e. The number of aliphatic carboxylic acids is 1. The van der Waals surface area contributed by atoms with E-state index in [2.05, 4.69) is 4.98 Å². The summed E-state index contributed by atoms with van der Waals surface area (Å²) in [5.41, 5.74) is 5.80. The molecule has 0 aliphatic rings. The van der Waals surface area contributed by atoms with E-state index in [9.17, 15) is 4.79 Å². The lowest BCUT2D eigenvalue weighted by Crippen LogP contribution is -2.20. The summed E-state index contributed by atoms with van der Waals surface area (Å²) in [5.74, 6) is -1.04. The molecule has 0 fully saturated rings. The van der Waals surface area contributed by atoms with Crippen LogP contribution >= 0.6 is 11.3 Å². The predicted octanol–water partition coefficient (Wildman–Crippen LogP) is 0.790. The van der Waals surface area contributed by atoms with Gasteiger partial charge in [-0.05, 0) is 6.42 Å². The Kier molecular flexibility index (Phi) is 2.78. The first kappa shape index (κ1) is 9.15. The molecule has 5 heteroatoms. The zero-order chi connectivity index (χ0) is 9.14. The first-order chi connectivity index (χ1) is 5.65. The molecule has 4 nitrogen and oxygen atoms in total. The number of thiazole rings is 1. The molecule has 0 saturated heterocycles. The van der Waals surface area contributed by atoms with Crippen LogP contribution in [0.3, 0.4) is 0 Å². The fourth-order valence-corrected chi connectivity index (χ4v) is 1.54. The Morgan fingerprint density at radius 3 is 3.00 bits per heavy atom. The molecular formula is C7H10N2O2S. The summed E-state index contributed by atoms with van der Waals surface area (Å²) < 4.78 is 0. The maximum absolute atomic E-state index is 10.4. The van der Waals surface area contributed by atoms with Gasteiger partial charge in [-0.25, -0.2) is 4.98 Å². The number of nitrogens with two attached hydrogens (primary N) is 1. The van der Waals surface area contributed by atoms with E-state index < -0.39 is 12.0 Å². The van der Waals surface area contributed by atoms with E-state index in [-0.39, 0.29) is 0 Å². The van der Waals surface area contributed by atoms with Crippen LogP contribution in [0.15, 0.2) is 5.38 Å². The molecule has 1 atom stereocenters. The van der Waals surface area contributed by atoms with E-state index in [1.807, 2.05) is 6.92 Å². The van der Waals surface area contributed by atoms with E-state index in [0.717, 1.165) is 11.4 Å². The Bertz CT molecular complexity index is 285. The minimum atomic E-state index is -1.04. The molecule has 0 amide bonds. The minimum Gasteiger partial charge on any atom is -0.480 e. The smallest absolute Gasteiger partial charge is 0.326 e. The second-order valence-electron chi connectivity index (χ2n) is 2.34. The van der Waals surface area contributed by atoms with E-state index in [1.54, 1.807) is 5.38 Å². The van der Waals surface area contributed by atoms with Gasteiger partial charge in [0.15, 0.2) is 0 Å². The van der Waals surface area contributed by atoms with Crippen molar-refractivity contribution in [3.8, 4) is 0 Å². The quantitative estimate of drug-likeness (QED) is 0.731. The maximum atomic E-state index is 10.4. The normalized spacial score (nSPS) is 12.8. The molecule has 1 rings (SSSR count).